The van der Waals surface area contributed by atoms with Gasteiger partial charge in [-0.05, 0) is 0 Å². The molecule has 0 saturated heterocycles. The Labute approximate surface area is 64.2 Å². The molecule has 0 heterocycles. The van der Waals surface area contributed by atoms with Gasteiger partial charge < -0.3 is 5.84 Å². The first-order chi connectivity index (χ1) is 5.38. The van der Waals surface area contributed by atoms with Gasteiger partial charge in [-0.15, -0.1) is 0 Å². The highest BCUT2D eigenvalue weighted by atomic mass is 15.2. The van der Waals surface area contributed by atoms with Crippen LogP contribution in [0.5, 0.6) is 0 Å². The normalized spacial score (nSPS) is 11.1. The third kappa shape index (κ3) is 1.61. The van der Waals surface area contributed by atoms with E-state index in [4.69, 9.17) is 11.4 Å². The Kier molecular flexibility index (Phi) is 2.32. The summed E-state index contributed by atoms with van der Waals surface area (Å²) in [5, 5.41) is 6.80. The van der Waals surface area contributed by atoms with Crippen LogP contribution in [-0.2, 0) is 0 Å². The summed E-state index contributed by atoms with van der Waals surface area (Å²) >= 11 is 0. The second-order valence-electron chi connectivity index (χ2n) is 1.95. The van der Waals surface area contributed by atoms with E-state index in [0.29, 0.717) is 5.84 Å². The first kappa shape index (κ1) is 7.40. The zero-order valence-corrected chi connectivity index (χ0v) is 5.94. The van der Waals surface area contributed by atoms with E-state index < -0.39 is 0 Å². The van der Waals surface area contributed by atoms with E-state index in [1.54, 1.807) is 0 Å². The molecule has 4 nitrogen and oxygen atoms in total. The quantitative estimate of drug-likeness (QED) is 0.183. The highest BCUT2D eigenvalue weighted by Gasteiger charge is 2.00. The lowest BCUT2D eigenvalue weighted by Gasteiger charge is -1.91. The number of nitrogens with zero attached hydrogens (tertiary/aromatic N) is 2. The maximum Gasteiger partial charge on any atom is 0.243 e. The van der Waals surface area contributed by atoms with E-state index in [1.165, 1.54) is 0 Å². The van der Waals surface area contributed by atoms with Crippen LogP contribution in [0.15, 0.2) is 40.5 Å². The molecule has 0 aromatic heterocycles. The number of hydrogen-bond acceptors (Lipinski definition) is 2. The summed E-state index contributed by atoms with van der Waals surface area (Å²) < 4.78 is 0. The summed E-state index contributed by atoms with van der Waals surface area (Å²) in [7, 11) is 0. The van der Waals surface area contributed by atoms with Gasteiger partial charge in [0.25, 0.3) is 0 Å². The molecular formula is C7H9N4+. The zero-order chi connectivity index (χ0) is 8.10. The van der Waals surface area contributed by atoms with Crippen LogP contribution < -0.4 is 11.4 Å². The van der Waals surface area contributed by atoms with Gasteiger partial charge in [-0.1, -0.05) is 30.3 Å². The molecule has 1 aromatic carbocycles. The van der Waals surface area contributed by atoms with Crippen LogP contribution in [-0.4, -0.2) is 5.84 Å². The maximum atomic E-state index is 5.03. The highest BCUT2D eigenvalue weighted by Crippen LogP contribution is 1.99. The SMILES string of the molecule is N/N=C(\N=[NH2+])c1ccccc1. The molecule has 4 heteroatoms. The van der Waals surface area contributed by atoms with Gasteiger partial charge in [-0.25, -0.2) is 0 Å². The maximum absolute atomic E-state index is 5.03. The number of rotatable bonds is 1. The molecule has 0 saturated carbocycles. The van der Waals surface area contributed by atoms with Crippen molar-refractivity contribution < 1.29 is 5.53 Å². The molecule has 0 aliphatic rings. The number of hydrazone groups is 1. The molecule has 0 atom stereocenters. The van der Waals surface area contributed by atoms with Crippen LogP contribution in [0.4, 0.5) is 0 Å². The third-order valence-electron chi connectivity index (χ3n) is 1.28. The first-order valence-corrected chi connectivity index (χ1v) is 3.12. The molecule has 4 N–H and O–H groups in total. The molecule has 0 radical (unpaired) electrons. The van der Waals surface area contributed by atoms with Crippen LogP contribution >= 0.6 is 0 Å². The molecule has 56 valence electrons. The van der Waals surface area contributed by atoms with Crippen LogP contribution in [0.25, 0.3) is 0 Å². The molecule has 0 amide bonds. The number of amidine groups is 1. The van der Waals surface area contributed by atoms with E-state index in [-0.39, 0.29) is 0 Å². The van der Waals surface area contributed by atoms with Crippen molar-refractivity contribution in [3.8, 4) is 0 Å². The van der Waals surface area contributed by atoms with Crippen LogP contribution in [0, 0.1) is 0 Å². The van der Waals surface area contributed by atoms with Crippen LogP contribution in [0.2, 0.25) is 0 Å². The first-order valence-electron chi connectivity index (χ1n) is 3.12. The summed E-state index contributed by atoms with van der Waals surface area (Å²) in [6, 6.07) is 9.30. The molecule has 0 spiro atoms. The standard InChI is InChI=1S/C7H8N4/c8-10-7(11-9)6-4-2-1-3-5-6/h1-5,8H,9H2/p+1/b10-8?,11-7-. The number of hydrogen-bond donors (Lipinski definition) is 2. The topological polar surface area (TPSA) is 76.3 Å². The van der Waals surface area contributed by atoms with E-state index in [2.05, 4.69) is 10.2 Å². The van der Waals surface area contributed by atoms with Crippen molar-refractivity contribution in [3.63, 3.8) is 0 Å². The van der Waals surface area contributed by atoms with Crippen molar-refractivity contribution in [2.24, 2.45) is 16.1 Å². The van der Waals surface area contributed by atoms with Crippen molar-refractivity contribution in [2.45, 2.75) is 0 Å². The summed E-state index contributed by atoms with van der Waals surface area (Å²) in [6.45, 7) is 0. The Hall–Kier alpha value is -1.71. The predicted octanol–water partition coefficient (Wildman–Crippen LogP) is -0.482. The fourth-order valence-corrected chi connectivity index (χ4v) is 0.770. The summed E-state index contributed by atoms with van der Waals surface area (Å²) in [6.07, 6.45) is 0. The van der Waals surface area contributed by atoms with Crippen LogP contribution in [0.1, 0.15) is 5.56 Å². The average Bonchev–Trinajstić information content (AvgIpc) is 2.09. The summed E-state index contributed by atoms with van der Waals surface area (Å²) in [4.78, 5) is 0. The van der Waals surface area contributed by atoms with E-state index in [9.17, 15) is 0 Å². The molecule has 0 fully saturated rings. The fourth-order valence-electron chi connectivity index (χ4n) is 0.770. The van der Waals surface area contributed by atoms with Crippen molar-refractivity contribution in [3.05, 3.63) is 35.9 Å². The monoisotopic (exact) mass is 149 g/mol. The molecule has 1 aromatic rings. The zero-order valence-electron chi connectivity index (χ0n) is 5.94. The van der Waals surface area contributed by atoms with Gasteiger partial charge in [0.05, 0.1) is 0 Å². The average molecular weight is 149 g/mol. The van der Waals surface area contributed by atoms with Gasteiger partial charge in [-0.2, -0.15) is 10.6 Å². The Bertz CT molecular complexity index is 265. The number of nitrogens with two attached hydrogens (primary N) is 2. The van der Waals surface area contributed by atoms with Crippen molar-refractivity contribution in [1.82, 2.24) is 0 Å². The lowest BCUT2D eigenvalue weighted by atomic mass is 10.2. The van der Waals surface area contributed by atoms with Crippen molar-refractivity contribution in [2.75, 3.05) is 0 Å². The summed E-state index contributed by atoms with van der Waals surface area (Å²) in [5.41, 5.74) is 5.85. The fraction of sp³-hybridized carbons (Fsp3) is 0. The van der Waals surface area contributed by atoms with Crippen molar-refractivity contribution in [1.29, 1.82) is 0 Å². The summed E-state index contributed by atoms with van der Waals surface area (Å²) in [5.74, 6) is 5.38. The number of benzene rings is 1. The molecular weight excluding hydrogens is 140 g/mol. The van der Waals surface area contributed by atoms with Gasteiger partial charge in [0.1, 0.15) is 0 Å². The molecule has 0 aliphatic carbocycles. The van der Waals surface area contributed by atoms with Gasteiger partial charge in [0.15, 0.2) is 0 Å². The highest BCUT2D eigenvalue weighted by molar-refractivity contribution is 5.98. The Morgan fingerprint density at radius 1 is 1.27 bits per heavy atom. The minimum atomic E-state index is 0.352. The van der Waals surface area contributed by atoms with E-state index >= 15 is 0 Å². The molecule has 11 heavy (non-hydrogen) atoms. The lowest BCUT2D eigenvalue weighted by Crippen LogP contribution is -2.27. The molecule has 0 aliphatic heterocycles. The predicted molar refractivity (Wildman–Crippen MR) is 41.5 cm³/mol. The second kappa shape index (κ2) is 3.46. The Morgan fingerprint density at radius 3 is 2.36 bits per heavy atom. The van der Waals surface area contributed by atoms with Gasteiger partial charge in [-0.3, -0.25) is 0 Å². The third-order valence-corrected chi connectivity index (χ3v) is 1.28. The molecule has 1 rings (SSSR count). The van der Waals surface area contributed by atoms with Gasteiger partial charge >= 0.3 is 0 Å². The van der Waals surface area contributed by atoms with Crippen molar-refractivity contribution >= 4 is 5.84 Å². The van der Waals surface area contributed by atoms with E-state index in [0.717, 1.165) is 5.56 Å². The largest absolute Gasteiger partial charge is 0.321 e. The van der Waals surface area contributed by atoms with Crippen LogP contribution in [0.3, 0.4) is 0 Å². The second-order valence-corrected chi connectivity index (χ2v) is 1.95. The smallest absolute Gasteiger partial charge is 0.243 e. The Morgan fingerprint density at radius 2 is 1.91 bits per heavy atom. The molecule has 0 bridgehead atoms. The molecule has 0 unspecified atom stereocenters. The lowest BCUT2D eigenvalue weighted by molar-refractivity contribution is -0.206. The van der Waals surface area contributed by atoms with E-state index in [1.807, 2.05) is 30.3 Å². The Balaban J connectivity index is 3.01. The van der Waals surface area contributed by atoms with Gasteiger partial charge in [0.2, 0.25) is 5.84 Å². The minimum Gasteiger partial charge on any atom is -0.321 e. The minimum absolute atomic E-state index is 0.352. The van der Waals surface area contributed by atoms with Gasteiger partial charge in [0, 0.05) is 10.7 Å².